The molecule has 0 radical (unpaired) electrons. The molecule has 0 atom stereocenters. The van der Waals surface area contributed by atoms with E-state index in [9.17, 15) is 4.79 Å². The van der Waals surface area contributed by atoms with Crippen LogP contribution in [0.15, 0.2) is 47.5 Å². The van der Waals surface area contributed by atoms with E-state index in [0.29, 0.717) is 23.9 Å². The first-order chi connectivity index (χ1) is 14.7. The predicted molar refractivity (Wildman–Crippen MR) is 117 cm³/mol. The molecule has 0 amide bonds. The molecule has 7 heteroatoms. The minimum atomic E-state index is -0.0635. The number of H-pyrrole nitrogens is 1. The van der Waals surface area contributed by atoms with Crippen LogP contribution in [0.2, 0.25) is 0 Å². The van der Waals surface area contributed by atoms with Crippen molar-refractivity contribution in [2.75, 3.05) is 7.11 Å². The first-order valence-electron chi connectivity index (χ1n) is 9.97. The highest BCUT2D eigenvalue weighted by molar-refractivity contribution is 7.18. The van der Waals surface area contributed by atoms with E-state index >= 15 is 0 Å². The Morgan fingerprint density at radius 2 is 1.93 bits per heavy atom. The van der Waals surface area contributed by atoms with Gasteiger partial charge in [0.2, 0.25) is 0 Å². The molecule has 1 aliphatic carbocycles. The second-order valence-electron chi connectivity index (χ2n) is 7.32. The number of aromatic amines is 1. The molecular weight excluding hydrogens is 398 g/mol. The van der Waals surface area contributed by atoms with Crippen LogP contribution in [0.4, 0.5) is 0 Å². The zero-order valence-corrected chi connectivity index (χ0v) is 17.4. The fourth-order valence-electron chi connectivity index (χ4n) is 3.87. The number of aromatic nitrogens is 3. The van der Waals surface area contributed by atoms with Crippen LogP contribution in [-0.4, -0.2) is 22.1 Å². The van der Waals surface area contributed by atoms with Gasteiger partial charge in [0.15, 0.2) is 11.5 Å². The molecule has 1 N–H and O–H groups in total. The van der Waals surface area contributed by atoms with Gasteiger partial charge in [-0.2, -0.15) is 0 Å². The van der Waals surface area contributed by atoms with Crippen molar-refractivity contribution in [3.63, 3.8) is 0 Å². The van der Waals surface area contributed by atoms with Crippen molar-refractivity contribution in [3.05, 3.63) is 69.1 Å². The molecule has 0 bridgehead atoms. The van der Waals surface area contributed by atoms with E-state index in [1.165, 1.54) is 16.9 Å². The summed E-state index contributed by atoms with van der Waals surface area (Å²) in [6, 6.07) is 9.40. The van der Waals surface area contributed by atoms with Crippen molar-refractivity contribution in [1.82, 2.24) is 15.0 Å². The highest BCUT2D eigenvalue weighted by Crippen LogP contribution is 2.36. The third-order valence-corrected chi connectivity index (χ3v) is 6.59. The van der Waals surface area contributed by atoms with Crippen LogP contribution < -0.4 is 15.0 Å². The van der Waals surface area contributed by atoms with E-state index in [-0.39, 0.29) is 5.56 Å². The standard InChI is InChI=1S/C23H21N3O3S/c1-28-18-12-15(6-7-17(18)29-13-14-8-10-24-11-9-14)21-25-22(27)20-16-4-2-3-5-19(16)30-23(20)26-21/h6-12H,2-5,13H2,1H3,(H,25,26,27). The molecule has 0 fully saturated rings. The molecule has 1 aliphatic rings. The van der Waals surface area contributed by atoms with Crippen molar-refractivity contribution in [2.45, 2.75) is 32.3 Å². The summed E-state index contributed by atoms with van der Waals surface area (Å²) in [5.74, 6) is 1.77. The van der Waals surface area contributed by atoms with Gasteiger partial charge in [-0.25, -0.2) is 4.98 Å². The number of nitrogens with one attached hydrogen (secondary N) is 1. The maximum Gasteiger partial charge on any atom is 0.260 e. The largest absolute Gasteiger partial charge is 0.493 e. The van der Waals surface area contributed by atoms with Crippen molar-refractivity contribution < 1.29 is 9.47 Å². The molecule has 6 nitrogen and oxygen atoms in total. The minimum absolute atomic E-state index is 0.0635. The Labute approximate surface area is 177 Å². The summed E-state index contributed by atoms with van der Waals surface area (Å²) in [7, 11) is 1.60. The lowest BCUT2D eigenvalue weighted by Gasteiger charge is -2.12. The van der Waals surface area contributed by atoms with Crippen LogP contribution in [0.3, 0.4) is 0 Å². The minimum Gasteiger partial charge on any atom is -0.493 e. The molecule has 0 saturated carbocycles. The Morgan fingerprint density at radius 1 is 1.10 bits per heavy atom. The zero-order chi connectivity index (χ0) is 20.5. The smallest absolute Gasteiger partial charge is 0.260 e. The normalized spacial score (nSPS) is 13.2. The summed E-state index contributed by atoms with van der Waals surface area (Å²) in [4.78, 5) is 26.7. The SMILES string of the molecule is COc1cc(-c2nc3sc4c(c3c(=O)[nH]2)CCCC4)ccc1OCc1ccncc1. The van der Waals surface area contributed by atoms with Gasteiger partial charge in [-0.1, -0.05) is 0 Å². The van der Waals surface area contributed by atoms with Crippen molar-refractivity contribution >= 4 is 21.6 Å². The monoisotopic (exact) mass is 419 g/mol. The number of aryl methyl sites for hydroxylation is 2. The zero-order valence-electron chi connectivity index (χ0n) is 16.6. The van der Waals surface area contributed by atoms with Crippen LogP contribution in [0.1, 0.15) is 28.8 Å². The van der Waals surface area contributed by atoms with Gasteiger partial charge in [-0.3, -0.25) is 9.78 Å². The van der Waals surface area contributed by atoms with E-state index in [4.69, 9.17) is 14.5 Å². The highest BCUT2D eigenvalue weighted by atomic mass is 32.1. The van der Waals surface area contributed by atoms with Gasteiger partial charge >= 0.3 is 0 Å². The number of thiophene rings is 1. The van der Waals surface area contributed by atoms with Crippen molar-refractivity contribution in [1.29, 1.82) is 0 Å². The molecular formula is C23H21N3O3S. The molecule has 5 rings (SSSR count). The van der Waals surface area contributed by atoms with E-state index in [1.807, 2.05) is 30.3 Å². The first kappa shape index (κ1) is 18.8. The molecule has 3 aromatic heterocycles. The van der Waals surface area contributed by atoms with Crippen LogP contribution in [-0.2, 0) is 19.4 Å². The second-order valence-corrected chi connectivity index (χ2v) is 8.40. The maximum absolute atomic E-state index is 12.8. The van der Waals surface area contributed by atoms with Gasteiger partial charge < -0.3 is 14.5 Å². The van der Waals surface area contributed by atoms with E-state index < -0.39 is 0 Å². The highest BCUT2D eigenvalue weighted by Gasteiger charge is 2.20. The van der Waals surface area contributed by atoms with Gasteiger partial charge in [-0.15, -0.1) is 11.3 Å². The Hall–Kier alpha value is -3.19. The fourth-order valence-corrected chi connectivity index (χ4v) is 5.14. The average molecular weight is 420 g/mol. The van der Waals surface area contributed by atoms with Gasteiger partial charge in [0.05, 0.1) is 12.5 Å². The third-order valence-electron chi connectivity index (χ3n) is 5.41. The summed E-state index contributed by atoms with van der Waals surface area (Å²) in [6.45, 7) is 0.417. The molecule has 0 spiro atoms. The van der Waals surface area contributed by atoms with E-state index in [1.54, 1.807) is 30.8 Å². The Kier molecular flexibility index (Phi) is 4.96. The van der Waals surface area contributed by atoms with Gasteiger partial charge in [0, 0.05) is 22.8 Å². The fraction of sp³-hybridized carbons (Fsp3) is 0.261. The number of pyridine rings is 1. The van der Waals surface area contributed by atoms with Crippen molar-refractivity contribution in [3.8, 4) is 22.9 Å². The number of ether oxygens (including phenoxy) is 2. The van der Waals surface area contributed by atoms with Gasteiger partial charge in [-0.05, 0) is 67.1 Å². The summed E-state index contributed by atoms with van der Waals surface area (Å²) >= 11 is 1.65. The molecule has 0 aliphatic heterocycles. The summed E-state index contributed by atoms with van der Waals surface area (Å²) in [5.41, 5.74) is 2.94. The Balaban J connectivity index is 1.48. The number of hydrogen-bond donors (Lipinski definition) is 1. The van der Waals surface area contributed by atoms with Crippen LogP contribution in [0.25, 0.3) is 21.6 Å². The molecule has 152 valence electrons. The number of nitrogens with zero attached hydrogens (tertiary/aromatic N) is 2. The molecule has 4 aromatic rings. The predicted octanol–water partition coefficient (Wildman–Crippen LogP) is 4.51. The first-order valence-corrected chi connectivity index (χ1v) is 10.8. The molecule has 30 heavy (non-hydrogen) atoms. The summed E-state index contributed by atoms with van der Waals surface area (Å²) < 4.78 is 11.4. The summed E-state index contributed by atoms with van der Waals surface area (Å²) in [6.07, 6.45) is 7.80. The number of rotatable bonds is 5. The maximum atomic E-state index is 12.8. The Morgan fingerprint density at radius 3 is 2.77 bits per heavy atom. The number of fused-ring (bicyclic) bond motifs is 3. The van der Waals surface area contributed by atoms with E-state index in [0.717, 1.165) is 40.6 Å². The second kappa shape index (κ2) is 7.91. The number of hydrogen-bond acceptors (Lipinski definition) is 6. The molecule has 3 heterocycles. The lowest BCUT2D eigenvalue weighted by atomic mass is 9.97. The van der Waals surface area contributed by atoms with Crippen LogP contribution >= 0.6 is 11.3 Å². The van der Waals surface area contributed by atoms with Crippen LogP contribution in [0, 0.1) is 0 Å². The Bertz CT molecular complexity index is 1260. The van der Waals surface area contributed by atoms with Crippen molar-refractivity contribution in [2.24, 2.45) is 0 Å². The lowest BCUT2D eigenvalue weighted by molar-refractivity contribution is 0.284. The third kappa shape index (κ3) is 3.45. The summed E-state index contributed by atoms with van der Waals surface area (Å²) in [5, 5.41) is 0.766. The van der Waals surface area contributed by atoms with Gasteiger partial charge in [0.25, 0.3) is 5.56 Å². The molecule has 1 aromatic carbocycles. The van der Waals surface area contributed by atoms with Gasteiger partial charge in [0.1, 0.15) is 17.3 Å². The molecule has 0 saturated heterocycles. The topological polar surface area (TPSA) is 77.1 Å². The van der Waals surface area contributed by atoms with Crippen LogP contribution in [0.5, 0.6) is 11.5 Å². The quantitative estimate of drug-likeness (QED) is 0.515. The number of benzene rings is 1. The lowest BCUT2D eigenvalue weighted by Crippen LogP contribution is -2.11. The molecule has 0 unspecified atom stereocenters. The number of methoxy groups -OCH3 is 1. The van der Waals surface area contributed by atoms with E-state index in [2.05, 4.69) is 9.97 Å². The average Bonchev–Trinajstić information content (AvgIpc) is 3.17.